The van der Waals surface area contributed by atoms with Crippen molar-refractivity contribution in [2.75, 3.05) is 13.1 Å². The summed E-state index contributed by atoms with van der Waals surface area (Å²) in [5, 5.41) is 69.4. The first-order chi connectivity index (χ1) is 51.4. The van der Waals surface area contributed by atoms with Crippen LogP contribution in [-0.4, -0.2) is 219 Å². The van der Waals surface area contributed by atoms with E-state index in [0.717, 1.165) is 13.8 Å². The van der Waals surface area contributed by atoms with Crippen LogP contribution in [0.15, 0.2) is 84.9 Å². The Bertz CT molecular complexity index is 3630. The largest absolute Gasteiger partial charge is 0.508 e. The van der Waals surface area contributed by atoms with E-state index in [0.29, 0.717) is 29.5 Å². The second kappa shape index (κ2) is 47.1. The number of carbonyl (C=O) groups is 17. The predicted molar refractivity (Wildman–Crippen MR) is 388 cm³/mol. The molecule has 0 bridgehead atoms. The maximum Gasteiger partial charge on any atom is 0.326 e. The number of nitrogens with two attached hydrogens (primary N) is 6. The summed E-state index contributed by atoms with van der Waals surface area (Å²) in [6.07, 6.45) is -5.20. The fourth-order valence-electron chi connectivity index (χ4n) is 10.5. The van der Waals surface area contributed by atoms with Crippen molar-refractivity contribution in [3.05, 3.63) is 102 Å². The smallest absolute Gasteiger partial charge is 0.326 e. The van der Waals surface area contributed by atoms with Crippen molar-refractivity contribution in [1.29, 1.82) is 0 Å². The van der Waals surface area contributed by atoms with Crippen molar-refractivity contribution in [3.63, 3.8) is 0 Å². The third-order valence-corrected chi connectivity index (χ3v) is 16.7. The number of aliphatic hydroxyl groups excluding tert-OH is 1. The first-order valence-corrected chi connectivity index (χ1v) is 35.1. The highest BCUT2D eigenvalue weighted by molar-refractivity contribution is 6.01. The van der Waals surface area contributed by atoms with Crippen LogP contribution in [0.2, 0.25) is 0 Å². The summed E-state index contributed by atoms with van der Waals surface area (Å²) >= 11 is 0. The van der Waals surface area contributed by atoms with Crippen LogP contribution in [0.5, 0.6) is 5.75 Å². The molecule has 0 unspecified atom stereocenters. The van der Waals surface area contributed by atoms with E-state index in [9.17, 15) is 102 Å². The minimum atomic E-state index is -1.98. The van der Waals surface area contributed by atoms with Gasteiger partial charge >= 0.3 is 11.9 Å². The molecule has 39 heteroatoms. The molecule has 0 aromatic heterocycles. The highest BCUT2D eigenvalue weighted by Crippen LogP contribution is 2.15. The minimum Gasteiger partial charge on any atom is -0.508 e. The van der Waals surface area contributed by atoms with Gasteiger partial charge in [-0.05, 0) is 121 Å². The number of amides is 15. The van der Waals surface area contributed by atoms with Gasteiger partial charge in [-0.15, -0.1) is 0 Å². The zero-order valence-electron chi connectivity index (χ0n) is 60.9. The normalized spacial score (nSPS) is 14.8. The molecule has 0 aliphatic carbocycles. The van der Waals surface area contributed by atoms with Gasteiger partial charge in [-0.1, -0.05) is 72.8 Å². The molecule has 0 aliphatic heterocycles. The van der Waals surface area contributed by atoms with E-state index in [1.165, 1.54) is 38.1 Å². The molecule has 15 amide bonds. The number of aliphatic hydroxyl groups is 1. The molecule has 14 atom stereocenters. The topological polar surface area (TPSA) is 672 Å². The monoisotopic (exact) mass is 1530 g/mol. The molecule has 3 rings (SSSR count). The van der Waals surface area contributed by atoms with Crippen molar-refractivity contribution < 1.29 is 102 Å². The second-order valence-corrected chi connectivity index (χ2v) is 25.9. The van der Waals surface area contributed by atoms with Crippen LogP contribution in [0.4, 0.5) is 0 Å². The molecule has 28 N–H and O–H groups in total. The standard InChI is InChI=1S/C70H102N18O21/c1-36(77-61(99)44(73)25-27-53(74)91)59(97)83-49(31-40-15-7-5-8-16-40)67(105)81-46(20-12-14-30-72)62(100)82-47(26-28-54(75)92)64(102)88-57(39(4)89)69(107)86-48(33-42-21-23-43(90)24-22-42)65(103)78-37(2)58(96)80-45(19-11-13-29-71)63(101)84-50(32-41-17-9-6-10-18-41)68(106)85-51(35-56(94)95)66(104)79-38(3)60(98)87-52(70(108)109)34-55(76)93/h5-10,15-18,21-24,36-39,44-52,57,89-90H,11-14,19-20,25-35,71-73H2,1-4H3,(H2,74,91)(H2,75,92)(H2,76,93)(H,77,99)(H,78,103)(H,79,104)(H,80,96)(H,81,105)(H,82,100)(H,83,97)(H,84,101)(H,85,106)(H,86,107)(H,87,98)(H,88,102)(H,94,95)(H,108,109)/t36-,37-,38-,39+,44-,45-,46-,47-,48-,49-,50-,51-,52-,57-/m0/s1. The van der Waals surface area contributed by atoms with E-state index in [-0.39, 0.29) is 70.2 Å². The summed E-state index contributed by atoms with van der Waals surface area (Å²) in [7, 11) is 0. The molecular formula is C70H102N18O21. The number of hydrogen-bond donors (Lipinski definition) is 22. The Balaban J connectivity index is 1.94. The summed E-state index contributed by atoms with van der Waals surface area (Å²) in [5.74, 6) is -18.8. The van der Waals surface area contributed by atoms with Crippen LogP contribution >= 0.6 is 0 Å². The van der Waals surface area contributed by atoms with Crippen molar-refractivity contribution >= 4 is 101 Å². The average Bonchev–Trinajstić information content (AvgIpc) is 0.850. The summed E-state index contributed by atoms with van der Waals surface area (Å²) < 4.78 is 0. The van der Waals surface area contributed by atoms with E-state index in [4.69, 9.17) is 34.4 Å². The van der Waals surface area contributed by atoms with E-state index in [2.05, 4.69) is 58.5 Å². The lowest BCUT2D eigenvalue weighted by atomic mass is 10.0. The van der Waals surface area contributed by atoms with Gasteiger partial charge in [-0.3, -0.25) is 76.7 Å². The number of carbonyl (C=O) groups excluding carboxylic acids is 15. The molecule has 109 heavy (non-hydrogen) atoms. The SMILES string of the molecule is C[C@H](NC(=O)[C@H](CC(=O)O)NC(=O)[C@H](Cc1ccccc1)NC(=O)[C@H](CCCCN)NC(=O)[C@H](C)NC(=O)[C@H](Cc1ccc(O)cc1)NC(=O)[C@@H](NC(=O)[C@H](CCC(N)=O)NC(=O)[C@H](CCCCN)NC(=O)[C@H](Cc1ccccc1)NC(=O)[C@H](C)NC(=O)[C@@H](N)CCC(N)=O)[C@@H](C)O)C(=O)N[C@@H](CC(N)=O)C(=O)O. The summed E-state index contributed by atoms with van der Waals surface area (Å²) in [6, 6.07) is 0.721. The lowest BCUT2D eigenvalue weighted by molar-refractivity contribution is -0.144. The maximum absolute atomic E-state index is 14.5. The Morgan fingerprint density at radius 1 is 0.349 bits per heavy atom. The lowest BCUT2D eigenvalue weighted by Crippen LogP contribution is -2.62. The van der Waals surface area contributed by atoms with Crippen LogP contribution in [-0.2, 0) is 101 Å². The molecule has 0 spiro atoms. The van der Waals surface area contributed by atoms with Gasteiger partial charge in [0.25, 0.3) is 0 Å². The summed E-state index contributed by atoms with van der Waals surface area (Å²) in [6.45, 7) is 4.97. The fourth-order valence-corrected chi connectivity index (χ4v) is 10.5. The third kappa shape index (κ3) is 34.2. The Labute approximate surface area is 627 Å². The summed E-state index contributed by atoms with van der Waals surface area (Å²) in [5.41, 5.74) is 34.5. The number of hydrogen-bond acceptors (Lipinski definition) is 22. The number of aliphatic carboxylic acids is 2. The lowest BCUT2D eigenvalue weighted by Gasteiger charge is -2.29. The van der Waals surface area contributed by atoms with Crippen molar-refractivity contribution in [3.8, 4) is 5.75 Å². The van der Waals surface area contributed by atoms with Crippen molar-refractivity contribution in [2.45, 2.75) is 209 Å². The molecule has 3 aromatic rings. The average molecular weight is 1530 g/mol. The minimum absolute atomic E-state index is 0.118. The number of phenolic OH excluding ortho intramolecular Hbond substituents is 1. The zero-order chi connectivity index (χ0) is 81.6. The highest BCUT2D eigenvalue weighted by atomic mass is 16.4. The van der Waals surface area contributed by atoms with Crippen molar-refractivity contribution in [1.82, 2.24) is 63.8 Å². The van der Waals surface area contributed by atoms with Gasteiger partial charge in [0, 0.05) is 32.1 Å². The molecular weight excluding hydrogens is 1430 g/mol. The molecule has 0 heterocycles. The Morgan fingerprint density at radius 3 is 1.08 bits per heavy atom. The number of carboxylic acid groups (broad SMARTS) is 2. The summed E-state index contributed by atoms with van der Waals surface area (Å²) in [4.78, 5) is 227. The number of nitrogens with one attached hydrogen (secondary N) is 12. The zero-order valence-corrected chi connectivity index (χ0v) is 60.9. The predicted octanol–water partition coefficient (Wildman–Crippen LogP) is -6.77. The first-order valence-electron chi connectivity index (χ1n) is 35.1. The van der Waals surface area contributed by atoms with Crippen LogP contribution in [0.25, 0.3) is 0 Å². The van der Waals surface area contributed by atoms with Crippen LogP contribution in [0, 0.1) is 0 Å². The van der Waals surface area contributed by atoms with Crippen molar-refractivity contribution in [2.24, 2.45) is 34.4 Å². The van der Waals surface area contributed by atoms with Gasteiger partial charge in [-0.2, -0.15) is 0 Å². The van der Waals surface area contributed by atoms with Gasteiger partial charge in [0.15, 0.2) is 0 Å². The van der Waals surface area contributed by atoms with Gasteiger partial charge in [0.2, 0.25) is 88.6 Å². The molecule has 598 valence electrons. The third-order valence-electron chi connectivity index (χ3n) is 16.7. The van der Waals surface area contributed by atoms with Gasteiger partial charge < -0.3 is 119 Å². The molecule has 0 fully saturated rings. The number of benzene rings is 3. The number of phenols is 1. The molecule has 3 aromatic carbocycles. The number of primary amides is 3. The number of carboxylic acids is 2. The van der Waals surface area contributed by atoms with Gasteiger partial charge in [0.1, 0.15) is 78.3 Å². The van der Waals surface area contributed by atoms with E-state index in [1.807, 2.05) is 5.32 Å². The van der Waals surface area contributed by atoms with Crippen LogP contribution in [0.3, 0.4) is 0 Å². The number of rotatable bonds is 50. The van der Waals surface area contributed by atoms with Crippen LogP contribution in [0.1, 0.15) is 121 Å². The molecule has 0 aliphatic rings. The number of aromatic hydroxyl groups is 1. The Morgan fingerprint density at radius 2 is 0.679 bits per heavy atom. The second-order valence-electron chi connectivity index (χ2n) is 25.9. The van der Waals surface area contributed by atoms with Gasteiger partial charge in [-0.25, -0.2) is 4.79 Å². The Hall–Kier alpha value is -11.7. The van der Waals surface area contributed by atoms with Crippen LogP contribution < -0.4 is 98.2 Å². The van der Waals surface area contributed by atoms with E-state index in [1.54, 1.807) is 60.7 Å². The molecule has 39 nitrogen and oxygen atoms in total. The fraction of sp³-hybridized carbons (Fsp3) is 0.500. The Kier molecular flexibility index (Phi) is 39.5. The first kappa shape index (κ1) is 91.5. The molecule has 0 radical (unpaired) electrons. The molecule has 0 saturated carbocycles. The highest BCUT2D eigenvalue weighted by Gasteiger charge is 2.38. The van der Waals surface area contributed by atoms with E-state index < -0.39 is 217 Å². The maximum atomic E-state index is 14.5. The number of unbranched alkanes of at least 4 members (excludes halogenated alkanes) is 2. The van der Waals surface area contributed by atoms with Gasteiger partial charge in [0.05, 0.1) is 25.0 Å². The quantitative estimate of drug-likeness (QED) is 0.0234. The van der Waals surface area contributed by atoms with E-state index >= 15 is 0 Å². The molecule has 0 saturated heterocycles.